The van der Waals surface area contributed by atoms with Crippen LogP contribution in [0.1, 0.15) is 11.3 Å². The number of rotatable bonds is 3. The number of hydrogen-bond donors (Lipinski definition) is 1. The number of anilines is 1. The van der Waals surface area contributed by atoms with Gasteiger partial charge in [-0.15, -0.1) is 0 Å². The van der Waals surface area contributed by atoms with Crippen molar-refractivity contribution in [2.24, 2.45) is 0 Å². The molecule has 0 aliphatic rings. The number of nitrogens with zero attached hydrogens (tertiary/aromatic N) is 2. The van der Waals surface area contributed by atoms with E-state index in [1.54, 1.807) is 37.3 Å². The number of aromatic nitrogens is 1. The molecule has 21 heavy (non-hydrogen) atoms. The summed E-state index contributed by atoms with van der Waals surface area (Å²) < 4.78 is 1.25. The summed E-state index contributed by atoms with van der Waals surface area (Å²) in [4.78, 5) is 24.0. The number of halogens is 1. The minimum absolute atomic E-state index is 0.00569. The number of amides is 1. The zero-order valence-corrected chi connectivity index (χ0v) is 12.0. The van der Waals surface area contributed by atoms with Crippen LogP contribution in [0.15, 0.2) is 41.2 Å². The number of benzene rings is 1. The Morgan fingerprint density at radius 3 is 2.71 bits per heavy atom. The van der Waals surface area contributed by atoms with E-state index in [1.165, 1.54) is 10.6 Å². The first kappa shape index (κ1) is 14.8. The van der Waals surface area contributed by atoms with Crippen molar-refractivity contribution in [3.8, 4) is 6.07 Å². The molecule has 0 saturated heterocycles. The van der Waals surface area contributed by atoms with Crippen LogP contribution in [-0.2, 0) is 11.3 Å². The number of nitriles is 1. The van der Waals surface area contributed by atoms with Gasteiger partial charge in [0.15, 0.2) is 0 Å². The Morgan fingerprint density at radius 2 is 2.05 bits per heavy atom. The monoisotopic (exact) mass is 301 g/mol. The molecule has 1 amide bonds. The van der Waals surface area contributed by atoms with Gasteiger partial charge in [0.2, 0.25) is 5.91 Å². The van der Waals surface area contributed by atoms with E-state index in [0.29, 0.717) is 16.4 Å². The zero-order valence-electron chi connectivity index (χ0n) is 11.3. The molecular formula is C15H12ClN3O2. The Bertz CT molecular complexity index is 790. The summed E-state index contributed by atoms with van der Waals surface area (Å²) in [6.07, 6.45) is 0. The number of pyridine rings is 1. The van der Waals surface area contributed by atoms with E-state index in [0.717, 1.165) is 0 Å². The molecular weight excluding hydrogens is 290 g/mol. The van der Waals surface area contributed by atoms with Crippen LogP contribution in [0.5, 0.6) is 0 Å². The fourth-order valence-corrected chi connectivity index (χ4v) is 2.03. The van der Waals surface area contributed by atoms with E-state index in [4.69, 9.17) is 16.9 Å². The largest absolute Gasteiger partial charge is 0.323 e. The molecule has 1 heterocycles. The minimum Gasteiger partial charge on any atom is -0.323 e. The fourth-order valence-electron chi connectivity index (χ4n) is 1.85. The second-order valence-electron chi connectivity index (χ2n) is 4.42. The molecule has 0 unspecified atom stereocenters. The Hall–Kier alpha value is -2.58. The minimum atomic E-state index is -0.480. The summed E-state index contributed by atoms with van der Waals surface area (Å²) in [6.45, 7) is 1.52. The second-order valence-corrected chi connectivity index (χ2v) is 4.83. The molecule has 1 N–H and O–H groups in total. The predicted octanol–water partition coefficient (Wildman–Crippen LogP) is 2.32. The lowest BCUT2D eigenvalue weighted by molar-refractivity contribution is -0.116. The van der Waals surface area contributed by atoms with Crippen LogP contribution in [-0.4, -0.2) is 10.5 Å². The van der Waals surface area contributed by atoms with E-state index < -0.39 is 5.56 Å². The number of nitrogens with one attached hydrogen (secondary N) is 1. The van der Waals surface area contributed by atoms with Crippen molar-refractivity contribution < 1.29 is 4.79 Å². The van der Waals surface area contributed by atoms with Crippen LogP contribution in [0, 0.1) is 18.3 Å². The number of carbonyl (C=O) groups is 1. The Morgan fingerprint density at radius 1 is 1.33 bits per heavy atom. The van der Waals surface area contributed by atoms with Gasteiger partial charge >= 0.3 is 0 Å². The molecule has 2 aromatic rings. The molecule has 0 spiro atoms. The highest BCUT2D eigenvalue weighted by molar-refractivity contribution is 6.33. The fraction of sp³-hybridized carbons (Fsp3) is 0.133. The van der Waals surface area contributed by atoms with Crippen LogP contribution >= 0.6 is 11.6 Å². The Balaban J connectivity index is 2.24. The summed E-state index contributed by atoms with van der Waals surface area (Å²) in [5.41, 5.74) is 0.609. The van der Waals surface area contributed by atoms with Gasteiger partial charge in [-0.2, -0.15) is 5.26 Å². The first-order valence-electron chi connectivity index (χ1n) is 6.18. The van der Waals surface area contributed by atoms with E-state index >= 15 is 0 Å². The molecule has 1 aromatic carbocycles. The molecule has 0 bridgehead atoms. The highest BCUT2D eigenvalue weighted by Crippen LogP contribution is 2.20. The smallest absolute Gasteiger partial charge is 0.269 e. The third kappa shape index (κ3) is 3.30. The molecule has 5 nitrogen and oxygen atoms in total. The Kier molecular flexibility index (Phi) is 4.41. The standard InChI is InChI=1S/C15H12ClN3O2/c1-10-6-7-11(8-17)15(21)19(10)9-14(20)18-13-5-3-2-4-12(13)16/h2-7H,9H2,1H3,(H,18,20). The second kappa shape index (κ2) is 6.25. The maximum Gasteiger partial charge on any atom is 0.269 e. The van der Waals surface area contributed by atoms with Gasteiger partial charge in [0.1, 0.15) is 18.2 Å². The van der Waals surface area contributed by atoms with Gasteiger partial charge in [0.05, 0.1) is 10.7 Å². The lowest BCUT2D eigenvalue weighted by atomic mass is 10.2. The summed E-state index contributed by atoms with van der Waals surface area (Å²) in [5.74, 6) is -0.386. The lowest BCUT2D eigenvalue weighted by Crippen LogP contribution is -2.30. The van der Waals surface area contributed by atoms with E-state index in [9.17, 15) is 9.59 Å². The third-order valence-electron chi connectivity index (χ3n) is 2.96. The van der Waals surface area contributed by atoms with Crippen molar-refractivity contribution in [2.45, 2.75) is 13.5 Å². The molecule has 0 fully saturated rings. The van der Waals surface area contributed by atoms with E-state index in [1.807, 2.05) is 6.07 Å². The SMILES string of the molecule is Cc1ccc(C#N)c(=O)n1CC(=O)Nc1ccccc1Cl. The van der Waals surface area contributed by atoms with E-state index in [-0.39, 0.29) is 18.0 Å². The normalized spacial score (nSPS) is 9.95. The molecule has 1 aromatic heterocycles. The number of para-hydroxylation sites is 1. The molecule has 106 valence electrons. The Labute approximate surface area is 126 Å². The van der Waals surface area contributed by atoms with Gasteiger partial charge in [0.25, 0.3) is 5.56 Å². The average Bonchev–Trinajstić information content (AvgIpc) is 2.46. The van der Waals surface area contributed by atoms with Crippen molar-refractivity contribution >= 4 is 23.2 Å². The third-order valence-corrected chi connectivity index (χ3v) is 3.29. The van der Waals surface area contributed by atoms with Gasteiger partial charge in [-0.3, -0.25) is 9.59 Å². The van der Waals surface area contributed by atoms with Crippen molar-refractivity contribution in [3.05, 3.63) is 63.0 Å². The topological polar surface area (TPSA) is 74.9 Å². The number of carbonyl (C=O) groups excluding carboxylic acids is 1. The van der Waals surface area contributed by atoms with Crippen molar-refractivity contribution in [1.29, 1.82) is 5.26 Å². The summed E-state index contributed by atoms with van der Waals surface area (Å²) >= 11 is 5.96. The molecule has 0 aliphatic heterocycles. The van der Waals surface area contributed by atoms with Gasteiger partial charge in [0, 0.05) is 5.69 Å². The first-order valence-corrected chi connectivity index (χ1v) is 6.55. The molecule has 6 heteroatoms. The zero-order chi connectivity index (χ0) is 15.4. The molecule has 0 aliphatic carbocycles. The maximum absolute atomic E-state index is 12.0. The highest BCUT2D eigenvalue weighted by Gasteiger charge is 2.11. The lowest BCUT2D eigenvalue weighted by Gasteiger charge is -2.11. The quantitative estimate of drug-likeness (QED) is 0.945. The summed E-state index contributed by atoms with van der Waals surface area (Å²) in [5, 5.41) is 11.9. The molecule has 0 radical (unpaired) electrons. The van der Waals surface area contributed by atoms with Crippen LogP contribution in [0.2, 0.25) is 5.02 Å². The van der Waals surface area contributed by atoms with Crippen LogP contribution < -0.4 is 10.9 Å². The summed E-state index contributed by atoms with van der Waals surface area (Å²) in [6, 6.07) is 11.7. The molecule has 0 saturated carbocycles. The van der Waals surface area contributed by atoms with E-state index in [2.05, 4.69) is 5.32 Å². The van der Waals surface area contributed by atoms with Gasteiger partial charge in [-0.1, -0.05) is 23.7 Å². The highest BCUT2D eigenvalue weighted by atomic mass is 35.5. The van der Waals surface area contributed by atoms with Crippen molar-refractivity contribution in [1.82, 2.24) is 4.57 Å². The van der Waals surface area contributed by atoms with Crippen molar-refractivity contribution in [2.75, 3.05) is 5.32 Å². The van der Waals surface area contributed by atoms with Crippen LogP contribution in [0.4, 0.5) is 5.69 Å². The molecule has 0 atom stereocenters. The predicted molar refractivity (Wildman–Crippen MR) is 80.2 cm³/mol. The van der Waals surface area contributed by atoms with Gasteiger partial charge in [-0.05, 0) is 31.2 Å². The van der Waals surface area contributed by atoms with Crippen LogP contribution in [0.25, 0.3) is 0 Å². The maximum atomic E-state index is 12.0. The average molecular weight is 302 g/mol. The first-order chi connectivity index (χ1) is 10.0. The number of hydrogen-bond acceptors (Lipinski definition) is 3. The van der Waals surface area contributed by atoms with Crippen LogP contribution in [0.3, 0.4) is 0 Å². The number of aryl methyl sites for hydroxylation is 1. The van der Waals surface area contributed by atoms with Gasteiger partial charge < -0.3 is 9.88 Å². The molecule has 2 rings (SSSR count). The van der Waals surface area contributed by atoms with Crippen molar-refractivity contribution in [3.63, 3.8) is 0 Å². The summed E-state index contributed by atoms with van der Waals surface area (Å²) in [7, 11) is 0. The van der Waals surface area contributed by atoms with Gasteiger partial charge in [-0.25, -0.2) is 0 Å².